The second kappa shape index (κ2) is 7.42. The first-order valence-corrected chi connectivity index (χ1v) is 6.82. The Morgan fingerprint density at radius 2 is 1.96 bits per heavy atom. The van der Waals surface area contributed by atoms with Crippen LogP contribution in [0.5, 0.6) is 5.88 Å². The van der Waals surface area contributed by atoms with Gasteiger partial charge < -0.3 is 20.7 Å². The van der Waals surface area contributed by atoms with Gasteiger partial charge in [0, 0.05) is 30.7 Å². The number of nitrogens with zero attached hydrogens (tertiary/aromatic N) is 1. The van der Waals surface area contributed by atoms with E-state index in [2.05, 4.69) is 4.98 Å². The molecular weight excluding hydrogens is 297 g/mol. The van der Waals surface area contributed by atoms with Crippen molar-refractivity contribution in [3.05, 3.63) is 53.5 Å². The molecule has 0 saturated heterocycles. The number of ether oxygens (including phenoxy) is 1. The molecule has 0 aliphatic carbocycles. The summed E-state index contributed by atoms with van der Waals surface area (Å²) in [4.78, 5) is 3.75. The Balaban J connectivity index is 0.000000924. The van der Waals surface area contributed by atoms with Crippen molar-refractivity contribution in [3.63, 3.8) is 0 Å². The number of nitrogens with one attached hydrogen (secondary N) is 2. The first-order valence-electron chi connectivity index (χ1n) is 6.82. The summed E-state index contributed by atoms with van der Waals surface area (Å²) in [6.07, 6.45) is 3.92. The van der Waals surface area contributed by atoms with Crippen molar-refractivity contribution in [3.8, 4) is 17.0 Å². The number of aromatic nitrogens is 1. The summed E-state index contributed by atoms with van der Waals surface area (Å²) >= 11 is 0. The number of benzene rings is 1. The van der Waals surface area contributed by atoms with Crippen LogP contribution in [-0.4, -0.2) is 29.6 Å². The first-order chi connectivity index (χ1) is 11.2. The Morgan fingerprint density at radius 3 is 2.65 bits per heavy atom. The van der Waals surface area contributed by atoms with Gasteiger partial charge in [-0.3, -0.25) is 0 Å². The third-order valence-corrected chi connectivity index (χ3v) is 3.34. The second-order valence-corrected chi connectivity index (χ2v) is 4.58. The fraction of sp³-hybridized carbons (Fsp3) is 0.118. The molecule has 1 aromatic carbocycles. The zero-order valence-corrected chi connectivity index (χ0v) is 12.5. The van der Waals surface area contributed by atoms with Crippen LogP contribution in [0.4, 0.5) is 4.39 Å². The molecule has 0 bridgehead atoms. The summed E-state index contributed by atoms with van der Waals surface area (Å²) in [5.74, 6) is -0.258. The zero-order chi connectivity index (χ0) is 16.8. The number of fused-ring (bicyclic) bond motifs is 3. The number of aliphatic hydroxyl groups is 1. The molecule has 2 heterocycles. The average molecular weight is 313 g/mol. The number of halogens is 1. The lowest BCUT2D eigenvalue weighted by Gasteiger charge is -2.20. The first kappa shape index (κ1) is 16.5. The molecule has 0 fully saturated rings. The van der Waals surface area contributed by atoms with Crippen LogP contribution < -0.4 is 4.74 Å². The zero-order valence-electron chi connectivity index (χ0n) is 12.5. The highest BCUT2D eigenvalue weighted by Crippen LogP contribution is 2.37. The lowest BCUT2D eigenvalue weighted by Crippen LogP contribution is -2.08. The van der Waals surface area contributed by atoms with Crippen LogP contribution in [0.3, 0.4) is 0 Å². The van der Waals surface area contributed by atoms with Gasteiger partial charge in [0.05, 0.1) is 0 Å². The van der Waals surface area contributed by atoms with Gasteiger partial charge in [0.2, 0.25) is 11.8 Å². The highest BCUT2D eigenvalue weighted by Gasteiger charge is 2.19. The Labute approximate surface area is 133 Å². The Hall–Kier alpha value is -2.86. The van der Waals surface area contributed by atoms with Gasteiger partial charge in [0.25, 0.3) is 0 Å². The third-order valence-electron chi connectivity index (χ3n) is 3.34. The van der Waals surface area contributed by atoms with E-state index in [4.69, 9.17) is 20.7 Å². The van der Waals surface area contributed by atoms with Crippen molar-refractivity contribution < 1.29 is 14.2 Å². The maximum Gasteiger partial charge on any atom is 0.224 e. The molecule has 2 aromatic rings. The molecule has 118 valence electrons. The van der Waals surface area contributed by atoms with Crippen molar-refractivity contribution in [2.24, 2.45) is 0 Å². The minimum Gasteiger partial charge on any atom is -0.472 e. The summed E-state index contributed by atoms with van der Waals surface area (Å²) in [6, 6.07) is 8.66. The molecule has 5 nitrogen and oxygen atoms in total. The van der Waals surface area contributed by atoms with Crippen LogP contribution in [0.1, 0.15) is 11.1 Å². The average Bonchev–Trinajstić information content (AvgIpc) is 2.60. The van der Waals surface area contributed by atoms with Gasteiger partial charge in [-0.2, -0.15) is 9.37 Å². The van der Waals surface area contributed by atoms with Crippen LogP contribution in [0, 0.1) is 16.8 Å². The molecule has 1 aliphatic rings. The quantitative estimate of drug-likeness (QED) is 0.601. The number of allylic oxidation sites excluding steroid dienone is 2. The van der Waals surface area contributed by atoms with Crippen molar-refractivity contribution in [1.29, 1.82) is 10.8 Å². The normalized spacial score (nSPS) is 12.0. The minimum atomic E-state index is -0.561. The third kappa shape index (κ3) is 3.32. The molecule has 1 aromatic heterocycles. The van der Waals surface area contributed by atoms with E-state index in [1.807, 2.05) is 18.2 Å². The van der Waals surface area contributed by atoms with E-state index in [0.717, 1.165) is 35.6 Å². The Morgan fingerprint density at radius 1 is 1.22 bits per heavy atom. The molecule has 0 saturated carbocycles. The van der Waals surface area contributed by atoms with E-state index >= 15 is 0 Å². The van der Waals surface area contributed by atoms with E-state index in [1.165, 1.54) is 12.3 Å². The maximum atomic E-state index is 13.1. The number of hydrogen-bond donors (Lipinski definition) is 3. The fourth-order valence-corrected chi connectivity index (χ4v) is 2.35. The monoisotopic (exact) mass is 313 g/mol. The number of aliphatic hydroxyl groups excluding tert-OH is 1. The molecule has 3 rings (SSSR count). The molecule has 23 heavy (non-hydrogen) atoms. The molecule has 0 amide bonds. The summed E-state index contributed by atoms with van der Waals surface area (Å²) in [7, 11) is 1.00. The molecule has 0 radical (unpaired) electrons. The van der Waals surface area contributed by atoms with Crippen molar-refractivity contribution in [2.45, 2.75) is 6.61 Å². The highest BCUT2D eigenvalue weighted by atomic mass is 19.1. The molecule has 0 spiro atoms. The molecule has 3 N–H and O–H groups in total. The van der Waals surface area contributed by atoms with Crippen molar-refractivity contribution >= 4 is 18.0 Å². The van der Waals surface area contributed by atoms with Gasteiger partial charge in [-0.05, 0) is 41.0 Å². The van der Waals surface area contributed by atoms with Gasteiger partial charge in [-0.15, -0.1) is 0 Å². The van der Waals surface area contributed by atoms with Crippen molar-refractivity contribution in [1.82, 2.24) is 4.98 Å². The molecule has 0 unspecified atom stereocenters. The van der Waals surface area contributed by atoms with Gasteiger partial charge in [-0.1, -0.05) is 12.1 Å². The Bertz CT molecular complexity index is 772. The molecular formula is C17H16FN3O2. The van der Waals surface area contributed by atoms with Crippen LogP contribution in [0.2, 0.25) is 0 Å². The topological polar surface area (TPSA) is 90.1 Å². The summed E-state index contributed by atoms with van der Waals surface area (Å²) in [5, 5.41) is 21.5. The standard InChI is InChI=1S/C16H12FN3O.CH4O/c17-15-4-3-14-13-2-1-10(11(8-19)5-6-18)7-12(13)9-21-16(14)20-15;1-2/h1-8,18-19H,9H2;2H,1H3/b11-5+,18-6?,19-8?;. The van der Waals surface area contributed by atoms with Gasteiger partial charge in [0.1, 0.15) is 6.61 Å². The van der Waals surface area contributed by atoms with E-state index in [0.29, 0.717) is 18.1 Å². The summed E-state index contributed by atoms with van der Waals surface area (Å²) < 4.78 is 18.6. The number of rotatable bonds is 3. The maximum absolute atomic E-state index is 13.1. The van der Waals surface area contributed by atoms with E-state index in [-0.39, 0.29) is 0 Å². The number of pyridine rings is 1. The van der Waals surface area contributed by atoms with E-state index < -0.39 is 5.95 Å². The van der Waals surface area contributed by atoms with Gasteiger partial charge in [0.15, 0.2) is 0 Å². The molecule has 6 heteroatoms. The molecule has 0 atom stereocenters. The lowest BCUT2D eigenvalue weighted by atomic mass is 9.94. The SMILES string of the molecule is CO.N=C/C=C(\C=N)c1ccc2c(c1)COc1nc(F)ccc1-2. The molecule has 1 aliphatic heterocycles. The van der Waals surface area contributed by atoms with Gasteiger partial charge in [-0.25, -0.2) is 0 Å². The van der Waals surface area contributed by atoms with Crippen LogP contribution >= 0.6 is 0 Å². The van der Waals surface area contributed by atoms with Gasteiger partial charge >= 0.3 is 0 Å². The smallest absolute Gasteiger partial charge is 0.224 e. The van der Waals surface area contributed by atoms with Crippen LogP contribution in [0.25, 0.3) is 16.7 Å². The fourth-order valence-electron chi connectivity index (χ4n) is 2.35. The lowest BCUT2D eigenvalue weighted by molar-refractivity contribution is 0.285. The minimum absolute atomic E-state index is 0.303. The largest absolute Gasteiger partial charge is 0.472 e. The second-order valence-electron chi connectivity index (χ2n) is 4.58. The summed E-state index contributed by atoms with van der Waals surface area (Å²) in [6.45, 7) is 0.308. The predicted molar refractivity (Wildman–Crippen MR) is 87.7 cm³/mol. The van der Waals surface area contributed by atoms with Crippen LogP contribution in [0.15, 0.2) is 36.4 Å². The summed E-state index contributed by atoms with van der Waals surface area (Å²) in [5.41, 5.74) is 4.15. The van der Waals surface area contributed by atoms with Crippen LogP contribution in [-0.2, 0) is 6.61 Å². The van der Waals surface area contributed by atoms with Crippen molar-refractivity contribution in [2.75, 3.05) is 7.11 Å². The highest BCUT2D eigenvalue weighted by molar-refractivity contribution is 6.12. The Kier molecular flexibility index (Phi) is 5.32. The predicted octanol–water partition coefficient (Wildman–Crippen LogP) is 3.07. The number of hydrogen-bond acceptors (Lipinski definition) is 5. The van der Waals surface area contributed by atoms with E-state index in [1.54, 1.807) is 12.1 Å². The van der Waals surface area contributed by atoms with E-state index in [9.17, 15) is 4.39 Å².